The van der Waals surface area contributed by atoms with Crippen LogP contribution in [0, 0.1) is 5.92 Å². The van der Waals surface area contributed by atoms with E-state index in [9.17, 15) is 43.2 Å². The second-order valence-corrected chi connectivity index (χ2v) is 27.2. The average Bonchev–Trinajstić information content (AvgIpc) is 3.48. The zero-order valence-electron chi connectivity index (χ0n) is 54.7. The lowest BCUT2D eigenvalue weighted by atomic mass is 10.0. The summed E-state index contributed by atoms with van der Waals surface area (Å²) >= 11 is 0. The number of aliphatic hydroxyl groups is 1. The fourth-order valence-corrected chi connectivity index (χ4v) is 11.5. The van der Waals surface area contributed by atoms with E-state index in [0.29, 0.717) is 25.7 Å². The van der Waals surface area contributed by atoms with Crippen LogP contribution in [0.25, 0.3) is 0 Å². The number of unbranched alkanes of at least 4 members (excludes halogenated alkanes) is 38. The Labute approximate surface area is 517 Å². The summed E-state index contributed by atoms with van der Waals surface area (Å²) in [6, 6.07) is 0. The first-order valence-corrected chi connectivity index (χ1v) is 37.6. The molecule has 0 aromatic rings. The van der Waals surface area contributed by atoms with E-state index < -0.39 is 97.5 Å². The van der Waals surface area contributed by atoms with Gasteiger partial charge in [0.1, 0.15) is 19.3 Å². The van der Waals surface area contributed by atoms with Crippen LogP contribution in [0.4, 0.5) is 0 Å². The van der Waals surface area contributed by atoms with Gasteiger partial charge in [0.25, 0.3) is 0 Å². The predicted octanol–water partition coefficient (Wildman–Crippen LogP) is 18.6. The molecule has 2 unspecified atom stereocenters. The molecule has 0 aliphatic heterocycles. The van der Waals surface area contributed by atoms with Gasteiger partial charge in [0, 0.05) is 25.7 Å². The number of ether oxygens (including phenoxy) is 4. The summed E-state index contributed by atoms with van der Waals surface area (Å²) in [4.78, 5) is 72.2. The second-order valence-electron chi connectivity index (χ2n) is 24.3. The van der Waals surface area contributed by atoms with Crippen molar-refractivity contribution in [2.45, 2.75) is 355 Å². The van der Waals surface area contributed by atoms with E-state index in [-0.39, 0.29) is 25.7 Å². The van der Waals surface area contributed by atoms with Crippen molar-refractivity contribution in [3.05, 3.63) is 0 Å². The van der Waals surface area contributed by atoms with Gasteiger partial charge >= 0.3 is 39.5 Å². The van der Waals surface area contributed by atoms with Crippen molar-refractivity contribution < 1.29 is 80.2 Å². The van der Waals surface area contributed by atoms with Crippen LogP contribution in [-0.2, 0) is 65.4 Å². The summed E-state index contributed by atoms with van der Waals surface area (Å²) in [5, 5.41) is 10.5. The minimum atomic E-state index is -4.95. The summed E-state index contributed by atoms with van der Waals surface area (Å²) in [6.45, 7) is 7.19. The molecule has 3 N–H and O–H groups in total. The van der Waals surface area contributed by atoms with E-state index >= 15 is 0 Å². The minimum absolute atomic E-state index is 0.106. The zero-order chi connectivity index (χ0) is 62.8. The maximum atomic E-state index is 13.0. The van der Waals surface area contributed by atoms with Crippen molar-refractivity contribution in [3.8, 4) is 0 Å². The molecule has 0 spiro atoms. The third-order valence-electron chi connectivity index (χ3n) is 15.3. The van der Waals surface area contributed by atoms with E-state index in [1.165, 1.54) is 148 Å². The fraction of sp³-hybridized carbons (Fsp3) is 0.939. The molecule has 0 amide bonds. The summed E-state index contributed by atoms with van der Waals surface area (Å²) in [6.07, 6.45) is 44.5. The van der Waals surface area contributed by atoms with Gasteiger partial charge in [-0.05, 0) is 31.6 Å². The van der Waals surface area contributed by atoms with Gasteiger partial charge in [-0.25, -0.2) is 9.13 Å². The quantitative estimate of drug-likeness (QED) is 0.0222. The number of phosphoric ester groups is 2. The SMILES string of the molecule is CCCCCCCCCCCCCC(=O)OC[C@H](COP(=O)(O)OC[C@@H](O)COP(=O)(O)OC[C@@H](COC(=O)CCCCCCCCC)OC(=O)CCCCCCCCCCCC)OC(=O)CCCCCCCCCCCCCCCCC(C)C. The number of hydrogen-bond acceptors (Lipinski definition) is 15. The Morgan fingerprint density at radius 2 is 0.541 bits per heavy atom. The first-order valence-electron chi connectivity index (χ1n) is 34.6. The monoisotopic (exact) mass is 1250 g/mol. The van der Waals surface area contributed by atoms with Crippen LogP contribution in [0.5, 0.6) is 0 Å². The Hall–Kier alpha value is -1.94. The van der Waals surface area contributed by atoms with Crippen molar-refractivity contribution in [1.82, 2.24) is 0 Å². The lowest BCUT2D eigenvalue weighted by Crippen LogP contribution is -2.30. The van der Waals surface area contributed by atoms with Crippen molar-refractivity contribution in [3.63, 3.8) is 0 Å². The van der Waals surface area contributed by atoms with Crippen molar-refractivity contribution in [1.29, 1.82) is 0 Å². The Kier molecular flexibility index (Phi) is 58.3. The lowest BCUT2D eigenvalue weighted by Gasteiger charge is -2.21. The molecule has 0 rings (SSSR count). The lowest BCUT2D eigenvalue weighted by molar-refractivity contribution is -0.161. The van der Waals surface area contributed by atoms with Crippen LogP contribution in [0.15, 0.2) is 0 Å². The number of carbonyl (C=O) groups excluding carboxylic acids is 4. The zero-order valence-corrected chi connectivity index (χ0v) is 56.5. The molecule has 5 atom stereocenters. The first kappa shape index (κ1) is 83.1. The molecule has 0 saturated heterocycles. The summed E-state index contributed by atoms with van der Waals surface area (Å²) in [5.74, 6) is -1.34. The molecule has 0 radical (unpaired) electrons. The second kappa shape index (κ2) is 59.7. The molecule has 19 heteroatoms. The molecule has 0 fully saturated rings. The summed E-state index contributed by atoms with van der Waals surface area (Å²) < 4.78 is 68.0. The predicted molar refractivity (Wildman–Crippen MR) is 340 cm³/mol. The average molecular weight is 1260 g/mol. The van der Waals surface area contributed by atoms with E-state index in [2.05, 4.69) is 34.6 Å². The Balaban J connectivity index is 5.18. The van der Waals surface area contributed by atoms with E-state index in [1.54, 1.807) is 0 Å². The van der Waals surface area contributed by atoms with Crippen LogP contribution >= 0.6 is 15.6 Å². The Morgan fingerprint density at radius 1 is 0.318 bits per heavy atom. The van der Waals surface area contributed by atoms with E-state index in [4.69, 9.17) is 37.0 Å². The topological polar surface area (TPSA) is 237 Å². The van der Waals surface area contributed by atoms with Crippen molar-refractivity contribution in [2.24, 2.45) is 5.92 Å². The molecule has 0 aliphatic rings. The smallest absolute Gasteiger partial charge is 0.462 e. The van der Waals surface area contributed by atoms with Crippen molar-refractivity contribution >= 4 is 39.5 Å². The molecule has 504 valence electrons. The molecule has 85 heavy (non-hydrogen) atoms. The molecule has 0 aromatic heterocycles. The summed E-state index contributed by atoms with van der Waals surface area (Å²) in [7, 11) is -9.88. The Morgan fingerprint density at radius 3 is 0.800 bits per heavy atom. The summed E-state index contributed by atoms with van der Waals surface area (Å²) in [5.41, 5.74) is 0. The number of phosphoric acid groups is 2. The number of hydrogen-bond donors (Lipinski definition) is 3. The van der Waals surface area contributed by atoms with Gasteiger partial charge in [0.2, 0.25) is 0 Å². The maximum Gasteiger partial charge on any atom is 0.472 e. The Bertz CT molecular complexity index is 1650. The number of esters is 4. The van der Waals surface area contributed by atoms with E-state index in [1.807, 2.05) is 0 Å². The molecule has 17 nitrogen and oxygen atoms in total. The van der Waals surface area contributed by atoms with Gasteiger partial charge < -0.3 is 33.8 Å². The third kappa shape index (κ3) is 60.7. The van der Waals surface area contributed by atoms with Gasteiger partial charge in [-0.15, -0.1) is 0 Å². The van der Waals surface area contributed by atoms with Crippen LogP contribution in [0.1, 0.15) is 336 Å². The van der Waals surface area contributed by atoms with Crippen molar-refractivity contribution in [2.75, 3.05) is 39.6 Å². The largest absolute Gasteiger partial charge is 0.472 e. The molecule has 0 aromatic carbocycles. The standard InChI is InChI=1S/C66H128O17P2/c1-6-9-12-15-18-20-26-31-35-40-45-50-64(69)77-56-62(83-66(71)52-47-42-37-32-28-25-23-22-24-27-29-34-38-43-48-59(4)5)58-81-85(74,75)79-54-60(67)53-78-84(72,73)80-57-61(55-76-63(68)49-44-39-33-17-14-11-8-3)82-65(70)51-46-41-36-30-21-19-16-13-10-7-2/h59-62,67H,6-58H2,1-5H3,(H,72,73)(H,74,75)/t60-,61+,62+/m0/s1. The number of carbonyl (C=O) groups is 4. The van der Waals surface area contributed by atoms with Gasteiger partial charge in [0.15, 0.2) is 12.2 Å². The molecule has 0 saturated carbocycles. The van der Waals surface area contributed by atoms with Gasteiger partial charge in [0.05, 0.1) is 26.4 Å². The normalized spacial score (nSPS) is 14.2. The van der Waals surface area contributed by atoms with Crippen LogP contribution in [-0.4, -0.2) is 96.7 Å². The highest BCUT2D eigenvalue weighted by atomic mass is 31.2. The van der Waals surface area contributed by atoms with Crippen LogP contribution in [0.3, 0.4) is 0 Å². The first-order chi connectivity index (χ1) is 41.0. The third-order valence-corrected chi connectivity index (χ3v) is 17.2. The molecule has 0 heterocycles. The minimum Gasteiger partial charge on any atom is -0.462 e. The highest BCUT2D eigenvalue weighted by Crippen LogP contribution is 2.45. The molecular formula is C66H128O17P2. The number of rotatable bonds is 66. The van der Waals surface area contributed by atoms with Crippen LogP contribution < -0.4 is 0 Å². The van der Waals surface area contributed by atoms with Gasteiger partial charge in [-0.3, -0.25) is 37.3 Å². The van der Waals surface area contributed by atoms with E-state index in [0.717, 1.165) is 109 Å². The highest BCUT2D eigenvalue weighted by Gasteiger charge is 2.30. The molecule has 0 bridgehead atoms. The van der Waals surface area contributed by atoms with Gasteiger partial charge in [-0.1, -0.05) is 285 Å². The van der Waals surface area contributed by atoms with Gasteiger partial charge in [-0.2, -0.15) is 0 Å². The number of aliphatic hydroxyl groups excluding tert-OH is 1. The van der Waals surface area contributed by atoms with Crippen LogP contribution in [0.2, 0.25) is 0 Å². The molecule has 0 aliphatic carbocycles. The fourth-order valence-electron chi connectivity index (χ4n) is 9.94. The molecular weight excluding hydrogens is 1130 g/mol. The highest BCUT2D eigenvalue weighted by molar-refractivity contribution is 7.47. The maximum absolute atomic E-state index is 13.0.